The first-order chi connectivity index (χ1) is 18.2. The first-order valence-corrected chi connectivity index (χ1v) is 14.3. The van der Waals surface area contributed by atoms with Gasteiger partial charge in [0.05, 0.1) is 30.2 Å². The summed E-state index contributed by atoms with van der Waals surface area (Å²) in [5, 5.41) is 10.0. The van der Waals surface area contributed by atoms with Gasteiger partial charge in [-0.3, -0.25) is 14.5 Å². The molecule has 2 amide bonds. The monoisotopic (exact) mass is 592 g/mol. The number of hydrogen-bond donors (Lipinski definition) is 0. The van der Waals surface area contributed by atoms with E-state index >= 15 is 0 Å². The van der Waals surface area contributed by atoms with Gasteiger partial charge in [-0.15, -0.1) is 0 Å². The zero-order valence-electron chi connectivity index (χ0n) is 20.2. The van der Waals surface area contributed by atoms with Crippen LogP contribution in [0.3, 0.4) is 0 Å². The number of furan rings is 1. The number of methoxy groups -OCH3 is 1. The zero-order valence-corrected chi connectivity index (χ0v) is 22.6. The van der Waals surface area contributed by atoms with Crippen LogP contribution in [0.25, 0.3) is 23.0 Å². The van der Waals surface area contributed by atoms with E-state index in [0.717, 1.165) is 14.9 Å². The molecule has 38 heavy (non-hydrogen) atoms. The van der Waals surface area contributed by atoms with E-state index in [1.807, 2.05) is 30.3 Å². The Bertz CT molecular complexity index is 1640. The van der Waals surface area contributed by atoms with Crippen molar-refractivity contribution in [2.75, 3.05) is 18.6 Å². The van der Waals surface area contributed by atoms with Gasteiger partial charge >= 0.3 is 0 Å². The molecular formula is C28H21BrN2O6S. The molecule has 2 aromatic carbocycles. The Hall–Kier alpha value is -3.94. The molecule has 0 bridgehead atoms. The molecule has 1 unspecified atom stereocenters. The van der Waals surface area contributed by atoms with Crippen LogP contribution in [0.5, 0.6) is 5.75 Å². The van der Waals surface area contributed by atoms with E-state index in [9.17, 15) is 23.3 Å². The lowest BCUT2D eigenvalue weighted by Gasteiger charge is -2.32. The molecule has 0 N–H and O–H groups in total. The largest absolute Gasteiger partial charge is 0.497 e. The summed E-state index contributed by atoms with van der Waals surface area (Å²) in [5.41, 5.74) is 1.26. The summed E-state index contributed by atoms with van der Waals surface area (Å²) < 4.78 is 36.4. The smallest absolute Gasteiger partial charge is 0.272 e. The summed E-state index contributed by atoms with van der Waals surface area (Å²) in [4.78, 5) is 28.2. The van der Waals surface area contributed by atoms with Gasteiger partial charge in [0.25, 0.3) is 11.8 Å². The van der Waals surface area contributed by atoms with E-state index in [1.54, 1.807) is 36.4 Å². The Labute approximate surface area is 227 Å². The molecule has 1 saturated heterocycles. The zero-order chi connectivity index (χ0) is 27.0. The quantitative estimate of drug-likeness (QED) is 0.313. The lowest BCUT2D eigenvalue weighted by molar-refractivity contribution is -0.142. The second-order valence-corrected chi connectivity index (χ2v) is 12.0. The molecule has 1 fully saturated rings. The van der Waals surface area contributed by atoms with Crippen molar-refractivity contribution >= 4 is 49.2 Å². The summed E-state index contributed by atoms with van der Waals surface area (Å²) in [7, 11) is -1.88. The number of ether oxygens (including phenoxy) is 1. The minimum Gasteiger partial charge on any atom is -0.497 e. The maximum Gasteiger partial charge on any atom is 0.272 e. The maximum absolute atomic E-state index is 13.8. The summed E-state index contributed by atoms with van der Waals surface area (Å²) in [6.45, 7) is 0. The third-order valence-electron chi connectivity index (χ3n) is 6.51. The van der Waals surface area contributed by atoms with Crippen LogP contribution in [0, 0.1) is 11.3 Å². The molecule has 0 aliphatic carbocycles. The number of sulfone groups is 1. The van der Waals surface area contributed by atoms with Gasteiger partial charge in [0.2, 0.25) is 0 Å². The van der Waals surface area contributed by atoms with Gasteiger partial charge in [0, 0.05) is 15.6 Å². The summed E-state index contributed by atoms with van der Waals surface area (Å²) in [6.07, 6.45) is 1.61. The van der Waals surface area contributed by atoms with Crippen LogP contribution < -0.4 is 4.74 Å². The number of carbonyl (C=O) groups is 2. The van der Waals surface area contributed by atoms with Crippen LogP contribution in [0.15, 0.2) is 80.7 Å². The number of rotatable bonds is 5. The summed E-state index contributed by atoms with van der Waals surface area (Å²) in [5.74, 6) is -0.473. The summed E-state index contributed by atoms with van der Waals surface area (Å²) in [6, 6.07) is 18.7. The third-order valence-corrected chi connectivity index (χ3v) is 8.79. The highest BCUT2D eigenvalue weighted by Crippen LogP contribution is 2.38. The highest BCUT2D eigenvalue weighted by Gasteiger charge is 2.45. The Morgan fingerprint density at radius 3 is 2.32 bits per heavy atom. The first kappa shape index (κ1) is 25.7. The standard InChI is InChI=1S/C28H21BrN2O6S/c1-36-21-8-4-18(5-9-21)26-23(14-22-10-11-25(37-22)17-2-6-19(29)7-3-17)27(32)31(28(33)24(26)15-30)20-12-13-38(34,35)16-20/h2-11,14,20H,12-13,16H2,1H3/b23-14-. The van der Waals surface area contributed by atoms with Gasteiger partial charge in [0.1, 0.15) is 28.9 Å². The molecule has 8 nitrogen and oxygen atoms in total. The van der Waals surface area contributed by atoms with Gasteiger partial charge in [-0.1, -0.05) is 40.2 Å². The van der Waals surface area contributed by atoms with E-state index in [1.165, 1.54) is 13.2 Å². The Morgan fingerprint density at radius 2 is 1.71 bits per heavy atom. The highest BCUT2D eigenvalue weighted by molar-refractivity contribution is 9.10. The number of halogens is 1. The van der Waals surface area contributed by atoms with Crippen LogP contribution in [0.2, 0.25) is 0 Å². The lowest BCUT2D eigenvalue weighted by atomic mass is 9.87. The number of nitriles is 1. The van der Waals surface area contributed by atoms with Crippen molar-refractivity contribution in [3.05, 3.63) is 87.6 Å². The Morgan fingerprint density at radius 1 is 1.03 bits per heavy atom. The maximum atomic E-state index is 13.8. The Kier molecular flexibility index (Phi) is 6.82. The lowest BCUT2D eigenvalue weighted by Crippen LogP contribution is -2.49. The van der Waals surface area contributed by atoms with Gasteiger partial charge in [-0.25, -0.2) is 8.42 Å². The molecule has 0 radical (unpaired) electrons. The van der Waals surface area contributed by atoms with Crippen molar-refractivity contribution in [3.8, 4) is 23.1 Å². The molecule has 5 rings (SSSR count). The topological polar surface area (TPSA) is 118 Å². The van der Waals surface area contributed by atoms with Crippen LogP contribution >= 0.6 is 15.9 Å². The van der Waals surface area contributed by atoms with Crippen molar-refractivity contribution in [1.82, 2.24) is 4.90 Å². The molecule has 10 heteroatoms. The number of carbonyl (C=O) groups excluding carboxylic acids is 2. The van der Waals surface area contributed by atoms with Gasteiger partial charge < -0.3 is 9.15 Å². The molecule has 2 aliphatic heterocycles. The molecule has 192 valence electrons. The molecular weight excluding hydrogens is 572 g/mol. The van der Waals surface area contributed by atoms with E-state index in [-0.39, 0.29) is 34.6 Å². The fourth-order valence-corrected chi connectivity index (χ4v) is 6.60. The normalized spacial score (nSPS) is 20.2. The third kappa shape index (κ3) is 4.83. The van der Waals surface area contributed by atoms with Gasteiger partial charge in [0.15, 0.2) is 9.84 Å². The number of benzene rings is 2. The van der Waals surface area contributed by atoms with E-state index < -0.39 is 27.7 Å². The first-order valence-electron chi connectivity index (χ1n) is 11.7. The fourth-order valence-electron chi connectivity index (χ4n) is 4.64. The van der Waals surface area contributed by atoms with Crippen LogP contribution in [0.1, 0.15) is 17.7 Å². The number of imide groups is 1. The van der Waals surface area contributed by atoms with Gasteiger partial charge in [-0.2, -0.15) is 5.26 Å². The Balaban J connectivity index is 1.65. The van der Waals surface area contributed by atoms with Crippen LogP contribution in [-0.2, 0) is 19.4 Å². The van der Waals surface area contributed by atoms with Crippen molar-refractivity contribution in [1.29, 1.82) is 5.26 Å². The summed E-state index contributed by atoms with van der Waals surface area (Å²) >= 11 is 3.40. The van der Waals surface area contributed by atoms with Crippen molar-refractivity contribution in [2.45, 2.75) is 12.5 Å². The van der Waals surface area contributed by atoms with Gasteiger partial charge in [-0.05, 0) is 54.5 Å². The number of amides is 2. The second kappa shape index (κ2) is 10.1. The number of nitrogens with zero attached hydrogens (tertiary/aromatic N) is 2. The van der Waals surface area contributed by atoms with Crippen LogP contribution in [0.4, 0.5) is 0 Å². The average molecular weight is 593 g/mol. The molecule has 1 aromatic heterocycles. The van der Waals surface area contributed by atoms with Crippen molar-refractivity contribution in [3.63, 3.8) is 0 Å². The molecule has 3 heterocycles. The molecule has 0 spiro atoms. The fraction of sp³-hybridized carbons (Fsp3) is 0.179. The van der Waals surface area contributed by atoms with Crippen molar-refractivity contribution in [2.24, 2.45) is 0 Å². The van der Waals surface area contributed by atoms with Crippen LogP contribution in [-0.4, -0.2) is 49.8 Å². The van der Waals surface area contributed by atoms with Crippen molar-refractivity contribution < 1.29 is 27.2 Å². The highest BCUT2D eigenvalue weighted by atomic mass is 79.9. The van der Waals surface area contributed by atoms with E-state index in [4.69, 9.17) is 9.15 Å². The molecule has 3 aromatic rings. The number of hydrogen-bond acceptors (Lipinski definition) is 7. The minimum atomic E-state index is -3.40. The molecule has 2 aliphatic rings. The molecule has 0 saturated carbocycles. The predicted molar refractivity (Wildman–Crippen MR) is 144 cm³/mol. The predicted octanol–water partition coefficient (Wildman–Crippen LogP) is 4.63. The van der Waals surface area contributed by atoms with E-state index in [2.05, 4.69) is 15.9 Å². The average Bonchev–Trinajstić information content (AvgIpc) is 3.52. The SMILES string of the molecule is COc1ccc(C2=C(C#N)C(=O)N(C3CCS(=O)(=O)C3)C(=O)/C2=C\c2ccc(-c3ccc(Br)cc3)o2)cc1. The van der Waals surface area contributed by atoms with E-state index in [0.29, 0.717) is 22.8 Å². The minimum absolute atomic E-state index is 0.0623. The molecule has 1 atom stereocenters. The second-order valence-electron chi connectivity index (χ2n) is 8.89.